The van der Waals surface area contributed by atoms with E-state index >= 15 is 0 Å². The maximum Gasteiger partial charge on any atom is 0.210 e. The molecule has 3 aromatic rings. The SMILES string of the molecule is CC1=[N+](C)c2cc3c(cc2C1(C)C)[N+](C)=C(C)C3(C)C.Cc1ccc(S(=O)(=O)[O-])cc1.Cc1ccc(S(=O)(=O)[O-])cc1. The Hall–Kier alpha value is -3.18. The van der Waals surface area contributed by atoms with E-state index in [0.717, 1.165) is 11.1 Å². The van der Waals surface area contributed by atoms with E-state index in [2.05, 4.69) is 76.9 Å². The minimum Gasteiger partial charge on any atom is -0.744 e. The monoisotopic (exact) mass is 612 g/mol. The summed E-state index contributed by atoms with van der Waals surface area (Å²) in [4.78, 5) is -0.355. The molecule has 2 heterocycles. The second-order valence-corrected chi connectivity index (χ2v) is 14.7. The number of fused-ring (bicyclic) bond motifs is 2. The topological polar surface area (TPSA) is 120 Å². The van der Waals surface area contributed by atoms with Crippen molar-refractivity contribution in [3.8, 4) is 0 Å². The Morgan fingerprint density at radius 3 is 1.05 bits per heavy atom. The van der Waals surface area contributed by atoms with Crippen LogP contribution < -0.4 is 0 Å². The molecular weight excluding hydrogens is 572 g/mol. The van der Waals surface area contributed by atoms with Crippen molar-refractivity contribution in [2.75, 3.05) is 14.1 Å². The van der Waals surface area contributed by atoms with Crippen LogP contribution in [-0.2, 0) is 31.1 Å². The zero-order valence-corrected chi connectivity index (χ0v) is 27.6. The van der Waals surface area contributed by atoms with E-state index in [0.29, 0.717) is 0 Å². The number of rotatable bonds is 2. The van der Waals surface area contributed by atoms with E-state index in [1.165, 1.54) is 58.2 Å². The van der Waals surface area contributed by atoms with Gasteiger partial charge >= 0.3 is 0 Å². The van der Waals surface area contributed by atoms with Gasteiger partial charge in [0.2, 0.25) is 11.4 Å². The minimum absolute atomic E-state index is 0.126. The molecule has 0 fully saturated rings. The van der Waals surface area contributed by atoms with Gasteiger partial charge in [-0.1, -0.05) is 35.4 Å². The van der Waals surface area contributed by atoms with Gasteiger partial charge in [0, 0.05) is 37.1 Å². The maximum atomic E-state index is 10.4. The largest absolute Gasteiger partial charge is 0.744 e. The van der Waals surface area contributed by atoms with Crippen LogP contribution in [0.1, 0.15) is 63.8 Å². The lowest BCUT2D eigenvalue weighted by Crippen LogP contribution is -2.25. The highest BCUT2D eigenvalue weighted by Crippen LogP contribution is 2.47. The lowest BCUT2D eigenvalue weighted by molar-refractivity contribution is -0.406. The van der Waals surface area contributed by atoms with Crippen molar-refractivity contribution in [1.82, 2.24) is 0 Å². The maximum absolute atomic E-state index is 10.4. The van der Waals surface area contributed by atoms with E-state index in [1.807, 2.05) is 13.8 Å². The van der Waals surface area contributed by atoms with Crippen molar-refractivity contribution in [2.24, 2.45) is 0 Å². The Balaban J connectivity index is 0.000000188. The highest BCUT2D eigenvalue weighted by atomic mass is 32.2. The van der Waals surface area contributed by atoms with Gasteiger partial charge in [-0.2, -0.15) is 0 Å². The van der Waals surface area contributed by atoms with Crippen molar-refractivity contribution in [3.05, 3.63) is 82.9 Å². The van der Waals surface area contributed by atoms with Gasteiger partial charge in [0.15, 0.2) is 11.4 Å². The highest BCUT2D eigenvalue weighted by Gasteiger charge is 2.48. The molecule has 0 saturated carbocycles. The van der Waals surface area contributed by atoms with Gasteiger partial charge in [0.05, 0.1) is 20.6 Å². The normalized spacial score (nSPS) is 16.7. The first-order chi connectivity index (χ1) is 19.1. The molecule has 0 unspecified atom stereocenters. The average Bonchev–Trinajstić information content (AvgIpc) is 3.17. The molecule has 0 aliphatic carbocycles. The molecule has 2 aliphatic heterocycles. The van der Waals surface area contributed by atoms with Crippen LogP contribution in [0.4, 0.5) is 11.4 Å². The molecule has 226 valence electrons. The molecule has 0 spiro atoms. The Morgan fingerprint density at radius 2 is 0.810 bits per heavy atom. The van der Waals surface area contributed by atoms with Crippen LogP contribution in [0.3, 0.4) is 0 Å². The lowest BCUT2D eigenvalue weighted by Gasteiger charge is -2.17. The van der Waals surface area contributed by atoms with Gasteiger partial charge in [-0.3, -0.25) is 0 Å². The quantitative estimate of drug-likeness (QED) is 0.277. The Labute approximate surface area is 250 Å². The summed E-state index contributed by atoms with van der Waals surface area (Å²) in [6.45, 7) is 17.4. The van der Waals surface area contributed by atoms with Gasteiger partial charge < -0.3 is 9.11 Å². The smallest absolute Gasteiger partial charge is 0.210 e. The predicted octanol–water partition coefficient (Wildman–Crippen LogP) is 5.54. The molecule has 0 saturated heterocycles. The average molecular weight is 613 g/mol. The third-order valence-corrected chi connectivity index (χ3v) is 10.3. The van der Waals surface area contributed by atoms with Crippen molar-refractivity contribution in [3.63, 3.8) is 0 Å². The number of aryl methyl sites for hydroxylation is 2. The van der Waals surface area contributed by atoms with Gasteiger partial charge in [-0.15, -0.1) is 0 Å². The second-order valence-electron chi connectivity index (χ2n) is 12.0. The van der Waals surface area contributed by atoms with E-state index < -0.39 is 20.2 Å². The highest BCUT2D eigenvalue weighted by molar-refractivity contribution is 7.86. The van der Waals surface area contributed by atoms with Crippen molar-refractivity contribution in [2.45, 2.75) is 76.0 Å². The summed E-state index contributed by atoms with van der Waals surface area (Å²) < 4.78 is 67.1. The van der Waals surface area contributed by atoms with Crippen molar-refractivity contribution < 1.29 is 35.1 Å². The number of nitrogens with zero attached hydrogens (tertiary/aromatic N) is 2. The molecular formula is C32H40N2O6S2. The molecule has 5 rings (SSSR count). The molecule has 10 heteroatoms. The number of benzene rings is 3. The van der Waals surface area contributed by atoms with Gasteiger partial charge in [0.1, 0.15) is 34.3 Å². The summed E-state index contributed by atoms with van der Waals surface area (Å²) >= 11 is 0. The molecule has 0 N–H and O–H groups in total. The Morgan fingerprint density at radius 1 is 0.548 bits per heavy atom. The summed E-state index contributed by atoms with van der Waals surface area (Å²) in [5, 5.41) is 0. The van der Waals surface area contributed by atoms with E-state index in [9.17, 15) is 25.9 Å². The molecule has 0 aromatic heterocycles. The minimum atomic E-state index is -4.27. The molecule has 3 aromatic carbocycles. The van der Waals surface area contributed by atoms with Crippen LogP contribution in [-0.4, -0.2) is 60.6 Å². The van der Waals surface area contributed by atoms with Gasteiger partial charge in [0.25, 0.3) is 0 Å². The van der Waals surface area contributed by atoms with Gasteiger partial charge in [-0.05, 0) is 65.8 Å². The van der Waals surface area contributed by atoms with E-state index in [1.54, 1.807) is 24.3 Å². The van der Waals surface area contributed by atoms with Gasteiger partial charge in [-0.25, -0.2) is 26.0 Å². The molecule has 0 radical (unpaired) electrons. The first-order valence-corrected chi connectivity index (χ1v) is 16.3. The molecule has 0 atom stereocenters. The second kappa shape index (κ2) is 11.5. The van der Waals surface area contributed by atoms with Crippen LogP contribution in [0, 0.1) is 13.8 Å². The fourth-order valence-corrected chi connectivity index (χ4v) is 6.07. The summed E-state index contributed by atoms with van der Waals surface area (Å²) in [6, 6.07) is 16.4. The van der Waals surface area contributed by atoms with Crippen LogP contribution in [0.25, 0.3) is 0 Å². The molecule has 8 nitrogen and oxygen atoms in total. The zero-order chi connectivity index (χ0) is 32.0. The molecule has 42 heavy (non-hydrogen) atoms. The van der Waals surface area contributed by atoms with E-state index in [4.69, 9.17) is 0 Å². The summed E-state index contributed by atoms with van der Waals surface area (Å²) in [5.74, 6) is 0. The third-order valence-electron chi connectivity index (χ3n) is 8.62. The predicted molar refractivity (Wildman–Crippen MR) is 164 cm³/mol. The summed E-state index contributed by atoms with van der Waals surface area (Å²) in [6.07, 6.45) is 0. The van der Waals surface area contributed by atoms with Crippen LogP contribution in [0.15, 0.2) is 70.5 Å². The molecule has 2 aliphatic rings. The number of hydrogen-bond donors (Lipinski definition) is 0. The summed E-state index contributed by atoms with van der Waals surface area (Å²) in [7, 11) is -4.16. The zero-order valence-electron chi connectivity index (χ0n) is 25.9. The standard InChI is InChI=1S/C18H26N2.2C7H8O3S/c1-11-17(3,4)13-9-16-14(10-15(13)19(11)7)18(5,6)12(2)20(16)8;2*1-6-2-4-7(5-3-6)11(8,9)10/h9-10H,1-8H3;2*2-5H,1H3,(H,8,9,10)/q+2;;/p-2. The van der Waals surface area contributed by atoms with Crippen LogP contribution in [0.5, 0.6) is 0 Å². The number of hydrogen-bond acceptors (Lipinski definition) is 6. The van der Waals surface area contributed by atoms with Crippen LogP contribution >= 0.6 is 0 Å². The fraction of sp³-hybridized carbons (Fsp3) is 0.375. The lowest BCUT2D eigenvalue weighted by atomic mass is 9.78. The molecule has 0 bridgehead atoms. The molecule has 0 amide bonds. The first-order valence-electron chi connectivity index (χ1n) is 13.5. The first kappa shape index (κ1) is 33.3. The Bertz CT molecular complexity index is 1660. The summed E-state index contributed by atoms with van der Waals surface area (Å²) in [5.41, 5.74) is 10.6. The van der Waals surface area contributed by atoms with Crippen molar-refractivity contribution in [1.29, 1.82) is 0 Å². The third kappa shape index (κ3) is 6.57. The van der Waals surface area contributed by atoms with Crippen LogP contribution in [0.2, 0.25) is 0 Å². The Kier molecular flexibility index (Phi) is 9.11. The fourth-order valence-electron chi connectivity index (χ4n) is 5.13. The van der Waals surface area contributed by atoms with E-state index in [-0.39, 0.29) is 20.6 Å². The van der Waals surface area contributed by atoms with Crippen molar-refractivity contribution >= 4 is 43.0 Å².